The van der Waals surface area contributed by atoms with Crippen molar-refractivity contribution in [3.05, 3.63) is 47.4 Å². The third kappa shape index (κ3) is 2.79. The fraction of sp³-hybridized carbons (Fsp3) is 0.353. The van der Waals surface area contributed by atoms with Gasteiger partial charge in [0.1, 0.15) is 17.3 Å². The average Bonchev–Trinajstić information content (AvgIpc) is 2.96. The molecular weight excluding hydrogens is 276 g/mol. The molecule has 0 atom stereocenters. The number of fused-ring (bicyclic) bond motifs is 1. The Morgan fingerprint density at radius 3 is 2.95 bits per heavy atom. The van der Waals surface area contributed by atoms with Crippen LogP contribution in [0.4, 0.5) is 11.5 Å². The van der Waals surface area contributed by atoms with Crippen molar-refractivity contribution >= 4 is 17.4 Å². The molecule has 3 rings (SSSR count). The molecular formula is C17H20N4O. The first-order valence-corrected chi connectivity index (χ1v) is 7.68. The van der Waals surface area contributed by atoms with Gasteiger partial charge in [-0.25, -0.2) is 9.97 Å². The Balaban J connectivity index is 1.92. The molecule has 1 aliphatic heterocycles. The fourth-order valence-corrected chi connectivity index (χ4v) is 2.71. The summed E-state index contributed by atoms with van der Waals surface area (Å²) < 4.78 is 0. The molecule has 0 radical (unpaired) electrons. The number of benzene rings is 1. The van der Waals surface area contributed by atoms with Crippen LogP contribution >= 0.6 is 0 Å². The highest BCUT2D eigenvalue weighted by atomic mass is 16.1. The standard InChI is InChI=1S/C17H20N4O/c1-3-9-18-17(22)14-11-16(20-12(2)19-14)21-10-8-13-6-4-5-7-15(13)21/h4-7,11H,3,8-10H2,1-2H3,(H,18,22). The number of hydrogen-bond acceptors (Lipinski definition) is 4. The second-order valence-electron chi connectivity index (χ2n) is 5.44. The number of aromatic nitrogens is 2. The quantitative estimate of drug-likeness (QED) is 0.942. The van der Waals surface area contributed by atoms with E-state index in [0.717, 1.165) is 25.2 Å². The lowest BCUT2D eigenvalue weighted by Gasteiger charge is -2.19. The zero-order chi connectivity index (χ0) is 15.5. The largest absolute Gasteiger partial charge is 0.351 e. The molecule has 22 heavy (non-hydrogen) atoms. The molecule has 1 aliphatic rings. The number of para-hydroxylation sites is 1. The summed E-state index contributed by atoms with van der Waals surface area (Å²) in [6.07, 6.45) is 1.90. The van der Waals surface area contributed by atoms with E-state index in [1.807, 2.05) is 19.9 Å². The predicted molar refractivity (Wildman–Crippen MR) is 86.5 cm³/mol. The van der Waals surface area contributed by atoms with Gasteiger partial charge in [-0.05, 0) is 31.4 Å². The zero-order valence-corrected chi connectivity index (χ0v) is 13.0. The molecule has 2 heterocycles. The van der Waals surface area contributed by atoms with Crippen LogP contribution in [0.2, 0.25) is 0 Å². The molecule has 1 aromatic heterocycles. The van der Waals surface area contributed by atoms with Crippen molar-refractivity contribution in [2.75, 3.05) is 18.0 Å². The molecule has 1 aromatic carbocycles. The van der Waals surface area contributed by atoms with Crippen molar-refractivity contribution in [3.8, 4) is 0 Å². The van der Waals surface area contributed by atoms with Crippen molar-refractivity contribution in [1.82, 2.24) is 15.3 Å². The average molecular weight is 296 g/mol. The summed E-state index contributed by atoms with van der Waals surface area (Å²) in [5.41, 5.74) is 2.91. The molecule has 0 aliphatic carbocycles. The minimum absolute atomic E-state index is 0.138. The van der Waals surface area contributed by atoms with E-state index in [1.165, 1.54) is 11.3 Å². The molecule has 0 saturated carbocycles. The minimum Gasteiger partial charge on any atom is -0.351 e. The number of carbonyl (C=O) groups is 1. The van der Waals surface area contributed by atoms with Crippen LogP contribution in [0, 0.1) is 6.92 Å². The molecule has 0 fully saturated rings. The van der Waals surface area contributed by atoms with Crippen LogP contribution in [0.3, 0.4) is 0 Å². The van der Waals surface area contributed by atoms with E-state index in [2.05, 4.69) is 38.4 Å². The van der Waals surface area contributed by atoms with Gasteiger partial charge in [-0.1, -0.05) is 25.1 Å². The van der Waals surface area contributed by atoms with E-state index in [-0.39, 0.29) is 5.91 Å². The molecule has 0 saturated heterocycles. The Kier molecular flexibility index (Phi) is 4.04. The van der Waals surface area contributed by atoms with Gasteiger partial charge in [0.25, 0.3) is 5.91 Å². The van der Waals surface area contributed by atoms with Gasteiger partial charge in [0.05, 0.1) is 0 Å². The SMILES string of the molecule is CCCNC(=O)c1cc(N2CCc3ccccc32)nc(C)n1. The molecule has 1 amide bonds. The van der Waals surface area contributed by atoms with E-state index >= 15 is 0 Å². The maximum atomic E-state index is 12.1. The van der Waals surface area contributed by atoms with Gasteiger partial charge in [0.2, 0.25) is 0 Å². The molecule has 0 bridgehead atoms. The van der Waals surface area contributed by atoms with Crippen molar-refractivity contribution in [2.24, 2.45) is 0 Å². The van der Waals surface area contributed by atoms with Gasteiger partial charge in [0, 0.05) is 24.8 Å². The highest BCUT2D eigenvalue weighted by molar-refractivity contribution is 5.93. The first-order valence-electron chi connectivity index (χ1n) is 7.68. The second-order valence-corrected chi connectivity index (χ2v) is 5.44. The van der Waals surface area contributed by atoms with Crippen LogP contribution in [-0.2, 0) is 6.42 Å². The molecule has 5 heteroatoms. The van der Waals surface area contributed by atoms with Crippen LogP contribution in [0.25, 0.3) is 0 Å². The number of hydrogen-bond donors (Lipinski definition) is 1. The highest BCUT2D eigenvalue weighted by Gasteiger charge is 2.22. The van der Waals surface area contributed by atoms with Gasteiger partial charge in [0.15, 0.2) is 0 Å². The smallest absolute Gasteiger partial charge is 0.270 e. The zero-order valence-electron chi connectivity index (χ0n) is 13.0. The summed E-state index contributed by atoms with van der Waals surface area (Å²) in [7, 11) is 0. The number of anilines is 2. The summed E-state index contributed by atoms with van der Waals surface area (Å²) in [5, 5.41) is 2.87. The van der Waals surface area contributed by atoms with Crippen LogP contribution < -0.4 is 10.2 Å². The third-order valence-corrected chi connectivity index (χ3v) is 3.76. The van der Waals surface area contributed by atoms with Gasteiger partial charge >= 0.3 is 0 Å². The number of nitrogens with one attached hydrogen (secondary N) is 1. The maximum absolute atomic E-state index is 12.1. The minimum atomic E-state index is -0.138. The van der Waals surface area contributed by atoms with Crippen LogP contribution in [0.1, 0.15) is 35.2 Å². The third-order valence-electron chi connectivity index (χ3n) is 3.76. The van der Waals surface area contributed by atoms with Gasteiger partial charge in [-0.2, -0.15) is 0 Å². The van der Waals surface area contributed by atoms with E-state index < -0.39 is 0 Å². The molecule has 2 aromatic rings. The number of nitrogens with zero attached hydrogens (tertiary/aromatic N) is 3. The summed E-state index contributed by atoms with van der Waals surface area (Å²) in [6, 6.07) is 10.1. The van der Waals surface area contributed by atoms with Gasteiger partial charge in [-0.15, -0.1) is 0 Å². The van der Waals surface area contributed by atoms with Crippen LogP contribution in [0.5, 0.6) is 0 Å². The number of amides is 1. The lowest BCUT2D eigenvalue weighted by atomic mass is 10.2. The van der Waals surface area contributed by atoms with Crippen molar-refractivity contribution in [2.45, 2.75) is 26.7 Å². The van der Waals surface area contributed by atoms with E-state index in [4.69, 9.17) is 0 Å². The molecule has 5 nitrogen and oxygen atoms in total. The maximum Gasteiger partial charge on any atom is 0.270 e. The molecule has 0 spiro atoms. The monoisotopic (exact) mass is 296 g/mol. The fourth-order valence-electron chi connectivity index (χ4n) is 2.71. The van der Waals surface area contributed by atoms with Crippen LogP contribution in [0.15, 0.2) is 30.3 Å². The Bertz CT molecular complexity index is 699. The summed E-state index contributed by atoms with van der Waals surface area (Å²) in [6.45, 7) is 5.38. The number of rotatable bonds is 4. The lowest BCUT2D eigenvalue weighted by Crippen LogP contribution is -2.26. The van der Waals surface area contributed by atoms with Crippen molar-refractivity contribution in [3.63, 3.8) is 0 Å². The summed E-state index contributed by atoms with van der Waals surface area (Å²) >= 11 is 0. The van der Waals surface area contributed by atoms with Crippen molar-refractivity contribution in [1.29, 1.82) is 0 Å². The van der Waals surface area contributed by atoms with Crippen molar-refractivity contribution < 1.29 is 4.79 Å². The second kappa shape index (κ2) is 6.13. The van der Waals surface area contributed by atoms with E-state index in [9.17, 15) is 4.79 Å². The van der Waals surface area contributed by atoms with Gasteiger partial charge < -0.3 is 10.2 Å². The Hall–Kier alpha value is -2.43. The van der Waals surface area contributed by atoms with E-state index in [0.29, 0.717) is 18.1 Å². The highest BCUT2D eigenvalue weighted by Crippen LogP contribution is 2.33. The molecule has 0 unspecified atom stereocenters. The molecule has 114 valence electrons. The Morgan fingerprint density at radius 2 is 2.14 bits per heavy atom. The predicted octanol–water partition coefficient (Wildman–Crippen LogP) is 2.62. The van der Waals surface area contributed by atoms with Crippen LogP contribution in [-0.4, -0.2) is 29.0 Å². The summed E-state index contributed by atoms with van der Waals surface area (Å²) in [4.78, 5) is 23.1. The molecule has 1 N–H and O–H groups in total. The van der Waals surface area contributed by atoms with Gasteiger partial charge in [-0.3, -0.25) is 4.79 Å². The first-order chi connectivity index (χ1) is 10.7. The number of carbonyl (C=O) groups excluding carboxylic acids is 1. The topological polar surface area (TPSA) is 58.1 Å². The Labute approximate surface area is 130 Å². The Morgan fingerprint density at radius 1 is 1.32 bits per heavy atom. The normalized spacial score (nSPS) is 13.1. The van der Waals surface area contributed by atoms with E-state index in [1.54, 1.807) is 6.07 Å². The lowest BCUT2D eigenvalue weighted by molar-refractivity contribution is 0.0948. The first kappa shape index (κ1) is 14.5. The number of aryl methyl sites for hydroxylation is 1. The summed E-state index contributed by atoms with van der Waals surface area (Å²) in [5.74, 6) is 1.27.